The van der Waals surface area contributed by atoms with Crippen molar-refractivity contribution >= 4 is 35.3 Å². The maximum atomic E-state index is 12.9. The summed E-state index contributed by atoms with van der Waals surface area (Å²) in [6.07, 6.45) is -0.585. The largest absolute Gasteiger partial charge is 0.466 e. The molecule has 1 aromatic carbocycles. The number of anilines is 1. The summed E-state index contributed by atoms with van der Waals surface area (Å²) < 4.78 is 9.85. The summed E-state index contributed by atoms with van der Waals surface area (Å²) in [5.41, 5.74) is 7.03. The van der Waals surface area contributed by atoms with E-state index in [9.17, 15) is 24.9 Å². The number of nitriles is 2. The number of Topliss-reactive ketones (excluding diaryl/α,β-unsaturated/α-hetero) is 1. The Hall–Kier alpha value is -3.89. The van der Waals surface area contributed by atoms with E-state index in [0.29, 0.717) is 11.1 Å². The lowest BCUT2D eigenvalue weighted by Crippen LogP contribution is -2.24. The van der Waals surface area contributed by atoms with Crippen molar-refractivity contribution in [1.29, 1.82) is 10.5 Å². The quantitative estimate of drug-likeness (QED) is 0.373. The molecule has 0 aliphatic carbocycles. The molecule has 0 aliphatic rings. The Labute approximate surface area is 201 Å². The number of carbonyl (C=O) groups is 3. The minimum Gasteiger partial charge on any atom is -0.466 e. The van der Waals surface area contributed by atoms with Crippen molar-refractivity contribution in [3.8, 4) is 23.3 Å². The van der Waals surface area contributed by atoms with E-state index in [-0.39, 0.29) is 54.4 Å². The van der Waals surface area contributed by atoms with Gasteiger partial charge in [-0.15, -0.1) is 0 Å². The molecule has 10 heteroatoms. The number of nitrogen functional groups attached to an aromatic ring is 1. The SMILES string of the molecule is CCOC(=O)CCC(=O)C(CC(=O)OCC)Sc1nc(N)c(C#N)c(-c2ccccc2)c1C#N. The molecule has 0 aliphatic heterocycles. The second kappa shape index (κ2) is 13.0. The van der Waals surface area contributed by atoms with Crippen LogP contribution in [0, 0.1) is 22.7 Å². The lowest BCUT2D eigenvalue weighted by molar-refractivity contribution is -0.144. The van der Waals surface area contributed by atoms with Crippen molar-refractivity contribution < 1.29 is 23.9 Å². The zero-order chi connectivity index (χ0) is 25.1. The number of thioether (sulfide) groups is 1. The zero-order valence-electron chi connectivity index (χ0n) is 18.9. The number of esters is 2. The number of hydrogen-bond acceptors (Lipinski definition) is 10. The Bertz CT molecular complexity index is 1140. The number of ketones is 1. The molecule has 0 bridgehead atoms. The van der Waals surface area contributed by atoms with Gasteiger partial charge < -0.3 is 15.2 Å². The molecule has 176 valence electrons. The van der Waals surface area contributed by atoms with E-state index in [2.05, 4.69) is 11.1 Å². The zero-order valence-corrected chi connectivity index (χ0v) is 19.7. The molecule has 2 N–H and O–H groups in total. The Morgan fingerprint density at radius 3 is 2.21 bits per heavy atom. The molecule has 1 unspecified atom stereocenters. The molecule has 9 nitrogen and oxygen atoms in total. The van der Waals surface area contributed by atoms with Gasteiger partial charge in [-0.2, -0.15) is 10.5 Å². The highest BCUT2D eigenvalue weighted by molar-refractivity contribution is 8.00. The smallest absolute Gasteiger partial charge is 0.307 e. The standard InChI is InChI=1S/C24H24N4O5S/c1-3-32-20(30)11-10-18(29)19(12-21(31)33-4-2)34-24-17(14-26)22(15-8-6-5-7-9-15)16(13-25)23(27)28-24/h5-9,19H,3-4,10-12H2,1-2H3,(H2,27,28). The van der Waals surface area contributed by atoms with Crippen molar-refractivity contribution in [3.05, 3.63) is 41.5 Å². The summed E-state index contributed by atoms with van der Waals surface area (Å²) in [5.74, 6) is -1.63. The van der Waals surface area contributed by atoms with E-state index < -0.39 is 23.0 Å². The third kappa shape index (κ3) is 6.80. The first-order valence-corrected chi connectivity index (χ1v) is 11.4. The molecule has 34 heavy (non-hydrogen) atoms. The number of rotatable bonds is 11. The number of carbonyl (C=O) groups excluding carboxylic acids is 3. The molecule has 1 atom stereocenters. The van der Waals surface area contributed by atoms with Crippen LogP contribution in [0.2, 0.25) is 0 Å². The summed E-state index contributed by atoms with van der Waals surface area (Å²) in [6, 6.07) is 12.8. The lowest BCUT2D eigenvalue weighted by atomic mass is 9.97. The predicted octanol–water partition coefficient (Wildman–Crippen LogP) is 3.40. The monoisotopic (exact) mass is 480 g/mol. The van der Waals surface area contributed by atoms with Gasteiger partial charge in [0.15, 0.2) is 0 Å². The number of benzene rings is 1. The summed E-state index contributed by atoms with van der Waals surface area (Å²) in [6.45, 7) is 3.63. The summed E-state index contributed by atoms with van der Waals surface area (Å²) in [7, 11) is 0. The van der Waals surface area contributed by atoms with Crippen molar-refractivity contribution in [2.45, 2.75) is 43.4 Å². The van der Waals surface area contributed by atoms with Crippen LogP contribution in [0.25, 0.3) is 11.1 Å². The Morgan fingerprint density at radius 2 is 1.62 bits per heavy atom. The normalized spacial score (nSPS) is 11.1. The second-order valence-corrected chi connectivity index (χ2v) is 8.10. The van der Waals surface area contributed by atoms with Crippen LogP contribution in [0.5, 0.6) is 0 Å². The van der Waals surface area contributed by atoms with Gasteiger partial charge in [-0.05, 0) is 19.4 Å². The van der Waals surface area contributed by atoms with Crippen LogP contribution < -0.4 is 5.73 Å². The highest BCUT2D eigenvalue weighted by atomic mass is 32.2. The van der Waals surface area contributed by atoms with E-state index in [4.69, 9.17) is 15.2 Å². The van der Waals surface area contributed by atoms with Crippen LogP contribution in [0.1, 0.15) is 44.2 Å². The first kappa shape index (κ1) is 26.4. The van der Waals surface area contributed by atoms with Crippen LogP contribution in [-0.2, 0) is 23.9 Å². The number of pyridine rings is 1. The minimum absolute atomic E-state index is 0.0441. The van der Waals surface area contributed by atoms with Crippen molar-refractivity contribution in [3.63, 3.8) is 0 Å². The van der Waals surface area contributed by atoms with E-state index >= 15 is 0 Å². The summed E-state index contributed by atoms with van der Waals surface area (Å²) in [5, 5.41) is 18.7. The molecule has 1 heterocycles. The second-order valence-electron chi connectivity index (χ2n) is 6.90. The van der Waals surface area contributed by atoms with Gasteiger partial charge >= 0.3 is 11.9 Å². The molecule has 0 saturated heterocycles. The summed E-state index contributed by atoms with van der Waals surface area (Å²) >= 11 is 0.884. The van der Waals surface area contributed by atoms with Crippen molar-refractivity contribution in [2.75, 3.05) is 18.9 Å². The van der Waals surface area contributed by atoms with Gasteiger partial charge in [0.25, 0.3) is 0 Å². The van der Waals surface area contributed by atoms with Crippen LogP contribution in [0.3, 0.4) is 0 Å². The van der Waals surface area contributed by atoms with E-state index in [1.54, 1.807) is 44.2 Å². The third-order valence-corrected chi connectivity index (χ3v) is 5.86. The number of nitrogens with two attached hydrogens (primary N) is 1. The Balaban J connectivity index is 2.49. The van der Waals surface area contributed by atoms with Gasteiger partial charge in [-0.25, -0.2) is 4.98 Å². The number of aromatic nitrogens is 1. The van der Waals surface area contributed by atoms with E-state index in [1.165, 1.54) is 0 Å². The highest BCUT2D eigenvalue weighted by Crippen LogP contribution is 2.38. The topological polar surface area (TPSA) is 156 Å². The first-order valence-electron chi connectivity index (χ1n) is 10.6. The molecule has 0 fully saturated rings. The van der Waals surface area contributed by atoms with Crippen molar-refractivity contribution in [1.82, 2.24) is 4.98 Å². The molecule has 0 amide bonds. The Morgan fingerprint density at radius 1 is 1.00 bits per heavy atom. The molecular formula is C24H24N4O5S. The van der Waals surface area contributed by atoms with Gasteiger partial charge in [0, 0.05) is 12.0 Å². The van der Waals surface area contributed by atoms with Crippen molar-refractivity contribution in [2.24, 2.45) is 0 Å². The molecule has 0 radical (unpaired) electrons. The fraction of sp³-hybridized carbons (Fsp3) is 0.333. The van der Waals surface area contributed by atoms with Gasteiger partial charge in [0.2, 0.25) is 0 Å². The fourth-order valence-electron chi connectivity index (χ4n) is 3.12. The molecular weight excluding hydrogens is 456 g/mol. The predicted molar refractivity (Wildman–Crippen MR) is 125 cm³/mol. The van der Waals surface area contributed by atoms with Gasteiger partial charge in [0.1, 0.15) is 34.3 Å². The van der Waals surface area contributed by atoms with Crippen LogP contribution >= 0.6 is 11.8 Å². The Kier molecular flexibility index (Phi) is 10.1. The average molecular weight is 481 g/mol. The first-order chi connectivity index (χ1) is 16.4. The molecule has 1 aromatic heterocycles. The molecule has 2 rings (SSSR count). The highest BCUT2D eigenvalue weighted by Gasteiger charge is 2.28. The van der Waals surface area contributed by atoms with Gasteiger partial charge in [-0.1, -0.05) is 42.1 Å². The maximum absolute atomic E-state index is 12.9. The minimum atomic E-state index is -0.982. The van der Waals surface area contributed by atoms with Gasteiger partial charge in [-0.3, -0.25) is 14.4 Å². The maximum Gasteiger partial charge on any atom is 0.307 e. The number of ether oxygens (including phenoxy) is 2. The van der Waals surface area contributed by atoms with E-state index in [0.717, 1.165) is 11.8 Å². The van der Waals surface area contributed by atoms with Crippen LogP contribution in [-0.4, -0.2) is 41.2 Å². The third-order valence-electron chi connectivity index (χ3n) is 4.63. The lowest BCUT2D eigenvalue weighted by Gasteiger charge is -2.17. The molecule has 0 saturated carbocycles. The number of hydrogen-bond donors (Lipinski definition) is 1. The molecule has 2 aromatic rings. The number of nitrogens with zero attached hydrogens (tertiary/aromatic N) is 3. The summed E-state index contributed by atoms with van der Waals surface area (Å²) in [4.78, 5) is 41.0. The fourth-order valence-corrected chi connectivity index (χ4v) is 4.28. The molecule has 0 spiro atoms. The average Bonchev–Trinajstić information content (AvgIpc) is 2.82. The van der Waals surface area contributed by atoms with Crippen LogP contribution in [0.4, 0.5) is 5.82 Å². The van der Waals surface area contributed by atoms with E-state index in [1.807, 2.05) is 6.07 Å². The van der Waals surface area contributed by atoms with Crippen LogP contribution in [0.15, 0.2) is 35.4 Å². The van der Waals surface area contributed by atoms with Gasteiger partial charge in [0.05, 0.1) is 36.9 Å².